The van der Waals surface area contributed by atoms with Crippen molar-refractivity contribution in [3.63, 3.8) is 0 Å². The first-order chi connectivity index (χ1) is 10.2. The van der Waals surface area contributed by atoms with Crippen molar-refractivity contribution in [2.24, 2.45) is 0 Å². The van der Waals surface area contributed by atoms with Gasteiger partial charge in [-0.1, -0.05) is 33.3 Å². The molecule has 0 amide bonds. The second-order valence-corrected chi connectivity index (χ2v) is 12.7. The van der Waals surface area contributed by atoms with E-state index in [2.05, 4.69) is 27.0 Å². The van der Waals surface area contributed by atoms with Gasteiger partial charge in [-0.05, 0) is 32.5 Å². The van der Waals surface area contributed by atoms with Crippen LogP contribution >= 0.6 is 0 Å². The molecule has 22 heavy (non-hydrogen) atoms. The zero-order valence-electron chi connectivity index (χ0n) is 15.0. The summed E-state index contributed by atoms with van der Waals surface area (Å²) in [4.78, 5) is 11.6. The van der Waals surface area contributed by atoms with Crippen LogP contribution < -0.4 is 0 Å². The number of rotatable bonds is 12. The lowest BCUT2D eigenvalue weighted by atomic mass is 10.4. The Labute approximate surface area is 137 Å². The molecule has 0 aromatic rings. The summed E-state index contributed by atoms with van der Waals surface area (Å²) in [6, 6.07) is 0.900. The molecule has 0 spiro atoms. The standard InChI is InChI=1S/C15H32O5Si2/c1-8-10-11-19-21(6,12-9-2)20-22(7,17-5)13-18-15(16)14(3)4/h3,8-13H2,1-2,4-7H3. The SMILES string of the molecule is C=C(C)C(=O)OC[Si](C)(OC)O[Si](C)(CCC)OCCCC. The van der Waals surface area contributed by atoms with E-state index >= 15 is 0 Å². The van der Waals surface area contributed by atoms with Crippen molar-refractivity contribution < 1.29 is 22.5 Å². The molecule has 7 heteroatoms. The minimum absolute atomic E-state index is 0.151. The zero-order valence-corrected chi connectivity index (χ0v) is 17.0. The third kappa shape index (κ3) is 8.23. The molecule has 0 aliphatic carbocycles. The van der Waals surface area contributed by atoms with Gasteiger partial charge in [0.2, 0.25) is 0 Å². The molecular formula is C15H32O5Si2. The molecule has 0 aliphatic rings. The quantitative estimate of drug-likeness (QED) is 0.233. The van der Waals surface area contributed by atoms with E-state index < -0.39 is 23.1 Å². The van der Waals surface area contributed by atoms with Crippen molar-refractivity contribution in [2.45, 2.75) is 59.2 Å². The van der Waals surface area contributed by atoms with E-state index in [9.17, 15) is 4.79 Å². The Balaban J connectivity index is 4.78. The monoisotopic (exact) mass is 348 g/mol. The molecule has 130 valence electrons. The van der Waals surface area contributed by atoms with Crippen LogP contribution in [0.5, 0.6) is 0 Å². The van der Waals surface area contributed by atoms with E-state index in [4.69, 9.17) is 17.7 Å². The molecule has 2 atom stereocenters. The first kappa shape index (κ1) is 21.5. The predicted octanol–water partition coefficient (Wildman–Crippen LogP) is 3.68. The fourth-order valence-corrected chi connectivity index (χ4v) is 8.95. The smallest absolute Gasteiger partial charge is 0.365 e. The molecule has 0 aromatic carbocycles. The minimum Gasteiger partial charge on any atom is -0.460 e. The van der Waals surface area contributed by atoms with Gasteiger partial charge in [0.25, 0.3) is 0 Å². The van der Waals surface area contributed by atoms with Gasteiger partial charge in [-0.15, -0.1) is 0 Å². The number of esters is 1. The Morgan fingerprint density at radius 1 is 1.14 bits per heavy atom. The third-order valence-corrected chi connectivity index (χ3v) is 10.5. The largest absolute Gasteiger partial charge is 0.460 e. The summed E-state index contributed by atoms with van der Waals surface area (Å²) < 4.78 is 23.2. The summed E-state index contributed by atoms with van der Waals surface area (Å²) in [5.41, 5.74) is 0.375. The number of hydrogen-bond acceptors (Lipinski definition) is 5. The van der Waals surface area contributed by atoms with Crippen molar-refractivity contribution in [3.8, 4) is 0 Å². The maximum atomic E-state index is 11.6. The van der Waals surface area contributed by atoms with Gasteiger partial charge >= 0.3 is 23.1 Å². The number of hydrogen-bond donors (Lipinski definition) is 0. The van der Waals surface area contributed by atoms with E-state index in [0.717, 1.165) is 25.3 Å². The van der Waals surface area contributed by atoms with Crippen molar-refractivity contribution in [2.75, 3.05) is 19.9 Å². The van der Waals surface area contributed by atoms with Gasteiger partial charge in [-0.25, -0.2) is 4.79 Å². The van der Waals surface area contributed by atoms with Crippen LogP contribution in [-0.2, 0) is 22.5 Å². The highest BCUT2D eigenvalue weighted by atomic mass is 28.5. The Bertz CT molecular complexity index is 364. The van der Waals surface area contributed by atoms with Gasteiger partial charge < -0.3 is 17.7 Å². The lowest BCUT2D eigenvalue weighted by Gasteiger charge is -2.35. The highest BCUT2D eigenvalue weighted by molar-refractivity contribution is 6.80. The molecule has 5 nitrogen and oxygen atoms in total. The molecule has 0 N–H and O–H groups in total. The molecule has 0 saturated carbocycles. The van der Waals surface area contributed by atoms with E-state index in [0.29, 0.717) is 12.2 Å². The molecule has 0 saturated heterocycles. The van der Waals surface area contributed by atoms with Gasteiger partial charge in [0.1, 0.15) is 6.23 Å². The highest BCUT2D eigenvalue weighted by Gasteiger charge is 2.43. The number of unbranched alkanes of at least 4 members (excludes halogenated alkanes) is 1. The molecule has 0 aliphatic heterocycles. The van der Waals surface area contributed by atoms with E-state index in [1.165, 1.54) is 0 Å². The van der Waals surface area contributed by atoms with Crippen LogP contribution in [0.1, 0.15) is 40.0 Å². The summed E-state index contributed by atoms with van der Waals surface area (Å²) >= 11 is 0. The average molecular weight is 349 g/mol. The Kier molecular flexibility index (Phi) is 10.1. The van der Waals surface area contributed by atoms with Crippen LogP contribution in [-0.4, -0.2) is 43.0 Å². The average Bonchev–Trinajstić information content (AvgIpc) is 2.45. The second kappa shape index (κ2) is 10.3. The van der Waals surface area contributed by atoms with Crippen molar-refractivity contribution in [1.82, 2.24) is 0 Å². The van der Waals surface area contributed by atoms with Crippen LogP contribution in [0.4, 0.5) is 0 Å². The lowest BCUT2D eigenvalue weighted by Crippen LogP contribution is -2.54. The van der Waals surface area contributed by atoms with Crippen molar-refractivity contribution in [3.05, 3.63) is 12.2 Å². The Morgan fingerprint density at radius 3 is 2.23 bits per heavy atom. The Morgan fingerprint density at radius 2 is 1.77 bits per heavy atom. The van der Waals surface area contributed by atoms with E-state index in [1.807, 2.05) is 6.55 Å². The zero-order chi connectivity index (χ0) is 17.2. The molecule has 0 aromatic heterocycles. The molecule has 2 unspecified atom stereocenters. The topological polar surface area (TPSA) is 54.0 Å². The molecule has 0 heterocycles. The first-order valence-electron chi connectivity index (χ1n) is 7.94. The van der Waals surface area contributed by atoms with E-state index in [-0.39, 0.29) is 6.23 Å². The van der Waals surface area contributed by atoms with Gasteiger partial charge in [0.05, 0.1) is 0 Å². The summed E-state index contributed by atoms with van der Waals surface area (Å²) in [6.07, 6.45) is 3.25. The first-order valence-corrected chi connectivity index (χ1v) is 13.0. The second-order valence-electron chi connectivity index (χ2n) is 5.88. The number of carbonyl (C=O) groups is 1. The normalized spacial score (nSPS) is 16.6. The highest BCUT2D eigenvalue weighted by Crippen LogP contribution is 2.23. The maximum absolute atomic E-state index is 11.6. The molecule has 0 radical (unpaired) electrons. The fourth-order valence-electron chi connectivity index (χ4n) is 1.95. The van der Waals surface area contributed by atoms with Gasteiger partial charge in [0, 0.05) is 19.3 Å². The molecular weight excluding hydrogens is 316 g/mol. The third-order valence-electron chi connectivity index (χ3n) is 3.29. The molecule has 0 fully saturated rings. The summed E-state index contributed by atoms with van der Waals surface area (Å²) in [5, 5.41) is 0. The van der Waals surface area contributed by atoms with Crippen molar-refractivity contribution >= 4 is 23.1 Å². The number of ether oxygens (including phenoxy) is 1. The fraction of sp³-hybridized carbons (Fsp3) is 0.800. The predicted molar refractivity (Wildman–Crippen MR) is 93.1 cm³/mol. The van der Waals surface area contributed by atoms with Gasteiger partial charge in [0.15, 0.2) is 0 Å². The van der Waals surface area contributed by atoms with E-state index in [1.54, 1.807) is 14.0 Å². The van der Waals surface area contributed by atoms with Crippen LogP contribution in [0.3, 0.4) is 0 Å². The maximum Gasteiger partial charge on any atom is 0.365 e. The van der Waals surface area contributed by atoms with Crippen LogP contribution in [0.15, 0.2) is 12.2 Å². The molecule has 0 bridgehead atoms. The van der Waals surface area contributed by atoms with Gasteiger partial charge in [-0.2, -0.15) is 0 Å². The van der Waals surface area contributed by atoms with Crippen molar-refractivity contribution in [1.29, 1.82) is 0 Å². The van der Waals surface area contributed by atoms with Crippen LogP contribution in [0.25, 0.3) is 0 Å². The number of carbonyl (C=O) groups excluding carboxylic acids is 1. The van der Waals surface area contributed by atoms with Crippen LogP contribution in [0, 0.1) is 0 Å². The summed E-state index contributed by atoms with van der Waals surface area (Å²) in [5.74, 6) is -0.412. The van der Waals surface area contributed by atoms with Gasteiger partial charge in [-0.3, -0.25) is 0 Å². The Hall–Kier alpha value is -0.476. The lowest BCUT2D eigenvalue weighted by molar-refractivity contribution is -0.137. The minimum atomic E-state index is -2.61. The summed E-state index contributed by atoms with van der Waals surface area (Å²) in [6.45, 7) is 14.1. The summed E-state index contributed by atoms with van der Waals surface area (Å²) in [7, 11) is -3.33. The van der Waals surface area contributed by atoms with Crippen LogP contribution in [0.2, 0.25) is 19.1 Å². The molecule has 0 rings (SSSR count).